The van der Waals surface area contributed by atoms with Crippen molar-refractivity contribution in [3.05, 3.63) is 34.9 Å². The zero-order valence-corrected chi connectivity index (χ0v) is 15.7. The number of nitrogen functional groups attached to an aromatic ring is 1. The van der Waals surface area contributed by atoms with E-state index in [0.29, 0.717) is 17.0 Å². The molecule has 4 rings (SSSR count). The van der Waals surface area contributed by atoms with Crippen LogP contribution in [0.5, 0.6) is 5.75 Å². The predicted octanol–water partition coefficient (Wildman–Crippen LogP) is 5.80. The van der Waals surface area contributed by atoms with Gasteiger partial charge in [0.15, 0.2) is 0 Å². The first-order valence-corrected chi connectivity index (χ1v) is 9.81. The van der Waals surface area contributed by atoms with Crippen molar-refractivity contribution >= 4 is 5.69 Å². The Balaban J connectivity index is 0.000000815. The van der Waals surface area contributed by atoms with Gasteiger partial charge in [-0.05, 0) is 91.9 Å². The van der Waals surface area contributed by atoms with Crippen LogP contribution in [-0.4, -0.2) is 5.11 Å². The predicted molar refractivity (Wildman–Crippen MR) is 102 cm³/mol. The lowest BCUT2D eigenvalue weighted by molar-refractivity contribution is 0.0813. The Morgan fingerprint density at radius 1 is 1.17 bits per heavy atom. The highest BCUT2D eigenvalue weighted by molar-refractivity contribution is 5.57. The lowest BCUT2D eigenvalue weighted by Gasteiger charge is -2.49. The van der Waals surface area contributed by atoms with Crippen molar-refractivity contribution in [2.75, 3.05) is 5.73 Å². The van der Waals surface area contributed by atoms with E-state index in [1.165, 1.54) is 43.2 Å². The molecule has 24 heavy (non-hydrogen) atoms. The van der Waals surface area contributed by atoms with E-state index >= 15 is 0 Å². The van der Waals surface area contributed by atoms with E-state index in [4.69, 9.17) is 5.73 Å². The summed E-state index contributed by atoms with van der Waals surface area (Å²) in [5, 5.41) is 10.0. The number of rotatable bonds is 0. The van der Waals surface area contributed by atoms with E-state index in [1.807, 2.05) is 26.0 Å². The third kappa shape index (κ3) is 2.46. The fourth-order valence-electron chi connectivity index (χ4n) is 5.95. The Morgan fingerprint density at radius 2 is 1.92 bits per heavy atom. The first-order valence-electron chi connectivity index (χ1n) is 9.81. The molecule has 2 saturated carbocycles. The number of aryl methyl sites for hydroxylation is 1. The number of hydrogen-bond donors (Lipinski definition) is 2. The second-order valence-corrected chi connectivity index (χ2v) is 7.83. The molecule has 0 bridgehead atoms. The normalized spacial score (nSPS) is 35.5. The lowest BCUT2D eigenvalue weighted by atomic mass is 9.55. The summed E-state index contributed by atoms with van der Waals surface area (Å²) in [4.78, 5) is 0. The van der Waals surface area contributed by atoms with Crippen LogP contribution in [0.2, 0.25) is 0 Å². The SMILES string of the molecule is C/C=C1/CCC2C3CCc4cc(N)c(O)cc4C3CCC12C.CC. The first kappa shape index (κ1) is 17.4. The molecule has 3 aliphatic carbocycles. The number of phenolic OH excluding ortho intramolecular Hbond substituents is 1. The molecule has 0 aliphatic heterocycles. The summed E-state index contributed by atoms with van der Waals surface area (Å²) in [5.74, 6) is 2.51. The van der Waals surface area contributed by atoms with Gasteiger partial charge in [-0.1, -0.05) is 32.4 Å². The van der Waals surface area contributed by atoms with Gasteiger partial charge < -0.3 is 10.8 Å². The van der Waals surface area contributed by atoms with Gasteiger partial charge in [0.1, 0.15) is 5.75 Å². The summed E-state index contributed by atoms with van der Waals surface area (Å²) in [7, 11) is 0. The Hall–Kier alpha value is -1.44. The molecule has 0 amide bonds. The molecule has 0 spiro atoms. The summed E-state index contributed by atoms with van der Waals surface area (Å²) in [6, 6.07) is 3.98. The van der Waals surface area contributed by atoms with Gasteiger partial charge in [-0.25, -0.2) is 0 Å². The standard InChI is InChI=1S/C20H27NO.C2H6/c1-3-13-5-7-17-15-6-4-12-10-18(21)19(22)11-16(12)14(15)8-9-20(13,17)2;1-2/h3,10-11,14-15,17,22H,4-9,21H2,1-2H3;1-2H3/b13-3-;. The van der Waals surface area contributed by atoms with Crippen molar-refractivity contribution in [2.45, 2.75) is 72.1 Å². The van der Waals surface area contributed by atoms with Gasteiger partial charge in [-0.3, -0.25) is 0 Å². The van der Waals surface area contributed by atoms with E-state index in [9.17, 15) is 5.11 Å². The molecule has 132 valence electrons. The average molecular weight is 328 g/mol. The average Bonchev–Trinajstić information content (AvgIpc) is 2.94. The molecule has 0 aromatic heterocycles. The molecule has 0 radical (unpaired) electrons. The Bertz CT molecular complexity index is 648. The zero-order chi connectivity index (χ0) is 17.5. The maximum atomic E-state index is 10.0. The van der Waals surface area contributed by atoms with Crippen LogP contribution in [0.3, 0.4) is 0 Å². The molecular formula is C22H33NO. The fraction of sp³-hybridized carbons (Fsp3) is 0.636. The molecule has 0 saturated heterocycles. The highest BCUT2D eigenvalue weighted by Crippen LogP contribution is 2.62. The van der Waals surface area contributed by atoms with E-state index in [-0.39, 0.29) is 5.75 Å². The van der Waals surface area contributed by atoms with E-state index in [2.05, 4.69) is 19.9 Å². The molecule has 3 N–H and O–H groups in total. The second kappa shape index (κ2) is 6.46. The summed E-state index contributed by atoms with van der Waals surface area (Å²) in [5.41, 5.74) is 11.3. The minimum atomic E-state index is 0.272. The number of nitrogens with two attached hydrogens (primary N) is 1. The van der Waals surface area contributed by atoms with Gasteiger partial charge in [0.05, 0.1) is 5.69 Å². The first-order chi connectivity index (χ1) is 11.5. The van der Waals surface area contributed by atoms with Gasteiger partial charge in [-0.15, -0.1) is 0 Å². The maximum absolute atomic E-state index is 10.0. The number of anilines is 1. The quantitative estimate of drug-likeness (QED) is 0.359. The second-order valence-electron chi connectivity index (χ2n) is 7.83. The van der Waals surface area contributed by atoms with Gasteiger partial charge in [0.2, 0.25) is 0 Å². The highest BCUT2D eigenvalue weighted by atomic mass is 16.3. The molecule has 1 aromatic carbocycles. The minimum Gasteiger partial charge on any atom is -0.506 e. The summed E-state index contributed by atoms with van der Waals surface area (Å²) in [6.45, 7) is 8.72. The largest absolute Gasteiger partial charge is 0.506 e. The van der Waals surface area contributed by atoms with E-state index < -0.39 is 0 Å². The summed E-state index contributed by atoms with van der Waals surface area (Å²) in [6.07, 6.45) is 9.99. The minimum absolute atomic E-state index is 0.272. The molecule has 4 unspecified atom stereocenters. The molecular weight excluding hydrogens is 294 g/mol. The van der Waals surface area contributed by atoms with Gasteiger partial charge >= 0.3 is 0 Å². The Labute approximate surface area is 147 Å². The summed E-state index contributed by atoms with van der Waals surface area (Å²) >= 11 is 0. The van der Waals surface area contributed by atoms with Crippen LogP contribution in [0.4, 0.5) is 5.69 Å². The number of aromatic hydroxyl groups is 1. The van der Waals surface area contributed by atoms with Gasteiger partial charge in [-0.2, -0.15) is 0 Å². The number of phenols is 1. The van der Waals surface area contributed by atoms with Crippen LogP contribution in [0.25, 0.3) is 0 Å². The van der Waals surface area contributed by atoms with Crippen LogP contribution >= 0.6 is 0 Å². The number of benzene rings is 1. The number of hydrogen-bond acceptors (Lipinski definition) is 2. The van der Waals surface area contributed by atoms with Crippen molar-refractivity contribution in [3.63, 3.8) is 0 Å². The topological polar surface area (TPSA) is 46.2 Å². The maximum Gasteiger partial charge on any atom is 0.138 e. The molecule has 1 aromatic rings. The molecule has 2 fully saturated rings. The van der Waals surface area contributed by atoms with E-state index in [1.54, 1.807) is 5.57 Å². The Morgan fingerprint density at radius 3 is 2.62 bits per heavy atom. The monoisotopic (exact) mass is 327 g/mol. The molecule has 2 heteroatoms. The molecule has 3 aliphatic rings. The third-order valence-electron chi connectivity index (χ3n) is 7.07. The molecule has 0 heterocycles. The van der Waals surface area contributed by atoms with Crippen LogP contribution in [0.15, 0.2) is 23.8 Å². The molecule has 4 atom stereocenters. The highest BCUT2D eigenvalue weighted by Gasteiger charge is 2.52. The fourth-order valence-corrected chi connectivity index (χ4v) is 5.95. The van der Waals surface area contributed by atoms with Crippen molar-refractivity contribution < 1.29 is 5.11 Å². The van der Waals surface area contributed by atoms with E-state index in [0.717, 1.165) is 18.3 Å². The van der Waals surface area contributed by atoms with Crippen molar-refractivity contribution in [1.29, 1.82) is 0 Å². The Kier molecular flexibility index (Phi) is 4.68. The number of fused-ring (bicyclic) bond motifs is 5. The lowest BCUT2D eigenvalue weighted by Crippen LogP contribution is -2.40. The number of allylic oxidation sites excluding steroid dienone is 2. The third-order valence-corrected chi connectivity index (χ3v) is 7.07. The van der Waals surface area contributed by atoms with Crippen LogP contribution < -0.4 is 5.73 Å². The zero-order valence-electron chi connectivity index (χ0n) is 15.7. The van der Waals surface area contributed by atoms with Gasteiger partial charge in [0, 0.05) is 0 Å². The van der Waals surface area contributed by atoms with Gasteiger partial charge in [0.25, 0.3) is 0 Å². The van der Waals surface area contributed by atoms with Crippen molar-refractivity contribution in [1.82, 2.24) is 0 Å². The van der Waals surface area contributed by atoms with Crippen LogP contribution in [-0.2, 0) is 6.42 Å². The smallest absolute Gasteiger partial charge is 0.138 e. The van der Waals surface area contributed by atoms with Crippen LogP contribution in [0.1, 0.15) is 76.8 Å². The molecule has 2 nitrogen and oxygen atoms in total. The van der Waals surface area contributed by atoms with Crippen molar-refractivity contribution in [2.24, 2.45) is 17.3 Å². The van der Waals surface area contributed by atoms with Crippen LogP contribution in [0, 0.1) is 17.3 Å². The van der Waals surface area contributed by atoms with Crippen molar-refractivity contribution in [3.8, 4) is 5.75 Å². The summed E-state index contributed by atoms with van der Waals surface area (Å²) < 4.78 is 0.